The van der Waals surface area contributed by atoms with Crippen LogP contribution in [0.5, 0.6) is 11.5 Å². The maximum absolute atomic E-state index is 12.5. The zero-order chi connectivity index (χ0) is 17.5. The quantitative estimate of drug-likeness (QED) is 0.696. The molecule has 0 saturated carbocycles. The fourth-order valence-corrected chi connectivity index (χ4v) is 3.06. The van der Waals surface area contributed by atoms with Crippen molar-refractivity contribution in [1.29, 1.82) is 0 Å². The summed E-state index contributed by atoms with van der Waals surface area (Å²) in [4.78, 5) is 14.7. The van der Waals surface area contributed by atoms with Gasteiger partial charge < -0.3 is 14.2 Å². The lowest BCUT2D eigenvalue weighted by atomic mass is 10.1. The first-order valence-corrected chi connectivity index (χ1v) is 8.90. The van der Waals surface area contributed by atoms with Gasteiger partial charge in [0.2, 0.25) is 0 Å². The lowest BCUT2D eigenvalue weighted by Crippen LogP contribution is -2.40. The van der Waals surface area contributed by atoms with Crippen LogP contribution in [-0.4, -0.2) is 50.3 Å². The van der Waals surface area contributed by atoms with E-state index in [2.05, 4.69) is 11.8 Å². The Labute approximate surface area is 148 Å². The van der Waals surface area contributed by atoms with Crippen molar-refractivity contribution in [2.24, 2.45) is 0 Å². The van der Waals surface area contributed by atoms with Crippen molar-refractivity contribution in [3.05, 3.63) is 22.7 Å². The Morgan fingerprint density at radius 3 is 2.83 bits per heavy atom. The zero-order valence-corrected chi connectivity index (χ0v) is 15.4. The van der Waals surface area contributed by atoms with Gasteiger partial charge in [-0.25, -0.2) is 4.79 Å². The molecule has 1 aromatic rings. The standard InChI is InChI=1S/C18H26ClNO4/c1-4-9-23-17-15(19)10-13(11-16(17)22-3)18(21)24-14-7-6-8-20(5-2)12-14/h10-11,14H,4-9,12H2,1-3H3. The summed E-state index contributed by atoms with van der Waals surface area (Å²) in [7, 11) is 1.53. The Morgan fingerprint density at radius 2 is 2.17 bits per heavy atom. The summed E-state index contributed by atoms with van der Waals surface area (Å²) >= 11 is 6.26. The molecule has 1 atom stereocenters. The molecule has 1 aromatic carbocycles. The molecule has 0 aliphatic carbocycles. The minimum absolute atomic E-state index is 0.0769. The van der Waals surface area contributed by atoms with Crippen molar-refractivity contribution in [3.63, 3.8) is 0 Å². The molecule has 2 rings (SSSR count). The molecule has 1 heterocycles. The van der Waals surface area contributed by atoms with E-state index in [1.54, 1.807) is 12.1 Å². The van der Waals surface area contributed by atoms with Gasteiger partial charge in [0, 0.05) is 6.54 Å². The van der Waals surface area contributed by atoms with Gasteiger partial charge in [-0.3, -0.25) is 4.90 Å². The number of hydrogen-bond donors (Lipinski definition) is 0. The summed E-state index contributed by atoms with van der Waals surface area (Å²) in [5.41, 5.74) is 0.384. The van der Waals surface area contributed by atoms with E-state index >= 15 is 0 Å². The van der Waals surface area contributed by atoms with Crippen LogP contribution in [-0.2, 0) is 4.74 Å². The molecular weight excluding hydrogens is 330 g/mol. The van der Waals surface area contributed by atoms with Gasteiger partial charge in [-0.2, -0.15) is 0 Å². The van der Waals surface area contributed by atoms with E-state index in [0.29, 0.717) is 28.7 Å². The van der Waals surface area contributed by atoms with Crippen LogP contribution in [0.4, 0.5) is 0 Å². The third-order valence-corrected chi connectivity index (χ3v) is 4.38. The molecule has 24 heavy (non-hydrogen) atoms. The number of methoxy groups -OCH3 is 1. The lowest BCUT2D eigenvalue weighted by Gasteiger charge is -2.31. The molecular formula is C18H26ClNO4. The van der Waals surface area contributed by atoms with Crippen molar-refractivity contribution in [1.82, 2.24) is 4.90 Å². The van der Waals surface area contributed by atoms with Gasteiger partial charge in [-0.1, -0.05) is 25.4 Å². The van der Waals surface area contributed by atoms with Crippen LogP contribution in [0.25, 0.3) is 0 Å². The highest BCUT2D eigenvalue weighted by Gasteiger charge is 2.24. The van der Waals surface area contributed by atoms with Gasteiger partial charge in [0.05, 0.1) is 24.3 Å². The van der Waals surface area contributed by atoms with Crippen molar-refractivity contribution in [3.8, 4) is 11.5 Å². The SMILES string of the molecule is CCCOc1c(Cl)cc(C(=O)OC2CCCN(CC)C2)cc1OC. The molecule has 5 nitrogen and oxygen atoms in total. The molecule has 0 amide bonds. The molecule has 134 valence electrons. The average Bonchev–Trinajstić information content (AvgIpc) is 2.60. The molecule has 0 spiro atoms. The number of esters is 1. The van der Waals surface area contributed by atoms with Gasteiger partial charge in [-0.15, -0.1) is 0 Å². The van der Waals surface area contributed by atoms with Crippen LogP contribution in [0.2, 0.25) is 5.02 Å². The van der Waals surface area contributed by atoms with Gasteiger partial charge in [0.1, 0.15) is 6.10 Å². The first-order valence-electron chi connectivity index (χ1n) is 8.52. The maximum Gasteiger partial charge on any atom is 0.338 e. The topological polar surface area (TPSA) is 48.0 Å². The third-order valence-electron chi connectivity index (χ3n) is 4.10. The van der Waals surface area contributed by atoms with Gasteiger partial charge in [-0.05, 0) is 44.5 Å². The summed E-state index contributed by atoms with van der Waals surface area (Å²) in [6.07, 6.45) is 2.72. The Morgan fingerprint density at radius 1 is 1.38 bits per heavy atom. The number of hydrogen-bond acceptors (Lipinski definition) is 5. The highest BCUT2D eigenvalue weighted by molar-refractivity contribution is 6.32. The van der Waals surface area contributed by atoms with Crippen LogP contribution in [0, 0.1) is 0 Å². The fraction of sp³-hybridized carbons (Fsp3) is 0.611. The van der Waals surface area contributed by atoms with Crippen molar-refractivity contribution < 1.29 is 19.0 Å². The largest absolute Gasteiger partial charge is 0.493 e. The first-order chi connectivity index (χ1) is 11.6. The summed E-state index contributed by atoms with van der Waals surface area (Å²) in [5, 5.41) is 0.355. The number of likely N-dealkylation sites (tertiary alicyclic amines) is 1. The first kappa shape index (κ1) is 18.9. The molecule has 0 radical (unpaired) electrons. The summed E-state index contributed by atoms with van der Waals surface area (Å²) in [6.45, 7) is 7.48. The molecule has 1 aliphatic rings. The van der Waals surface area contributed by atoms with Crippen LogP contribution in [0.1, 0.15) is 43.5 Å². The smallest absolute Gasteiger partial charge is 0.338 e. The number of nitrogens with zero attached hydrogens (tertiary/aromatic N) is 1. The van der Waals surface area contributed by atoms with Gasteiger partial charge >= 0.3 is 5.97 Å². The minimum atomic E-state index is -0.375. The molecule has 1 unspecified atom stereocenters. The number of halogens is 1. The number of piperidine rings is 1. The van der Waals surface area contributed by atoms with E-state index in [0.717, 1.165) is 38.9 Å². The lowest BCUT2D eigenvalue weighted by molar-refractivity contribution is 0.00771. The second-order valence-corrected chi connectivity index (χ2v) is 6.31. The van der Waals surface area contributed by atoms with Gasteiger partial charge in [0.25, 0.3) is 0 Å². The van der Waals surface area contributed by atoms with E-state index in [1.807, 2.05) is 6.92 Å². The highest BCUT2D eigenvalue weighted by Crippen LogP contribution is 2.36. The summed E-state index contributed by atoms with van der Waals surface area (Å²) < 4.78 is 16.6. The van der Waals surface area contributed by atoms with E-state index in [9.17, 15) is 4.79 Å². The van der Waals surface area contributed by atoms with E-state index in [1.165, 1.54) is 7.11 Å². The Bertz CT molecular complexity index is 564. The highest BCUT2D eigenvalue weighted by atomic mass is 35.5. The minimum Gasteiger partial charge on any atom is -0.493 e. The van der Waals surface area contributed by atoms with Crippen molar-refractivity contribution in [2.75, 3.05) is 33.4 Å². The van der Waals surface area contributed by atoms with Crippen LogP contribution < -0.4 is 9.47 Å². The van der Waals surface area contributed by atoms with Crippen LogP contribution in [0.3, 0.4) is 0 Å². The predicted octanol–water partition coefficient (Wildman–Crippen LogP) is 3.78. The molecule has 1 aliphatic heterocycles. The second kappa shape index (κ2) is 9.14. The van der Waals surface area contributed by atoms with Gasteiger partial charge in [0.15, 0.2) is 11.5 Å². The Balaban J connectivity index is 2.10. The number of benzene rings is 1. The Hall–Kier alpha value is -1.46. The second-order valence-electron chi connectivity index (χ2n) is 5.90. The van der Waals surface area contributed by atoms with E-state index < -0.39 is 0 Å². The number of rotatable bonds is 7. The van der Waals surface area contributed by atoms with Crippen LogP contribution >= 0.6 is 11.6 Å². The fourth-order valence-electron chi connectivity index (χ4n) is 2.80. The monoisotopic (exact) mass is 355 g/mol. The number of carbonyl (C=O) groups is 1. The predicted molar refractivity (Wildman–Crippen MR) is 94.3 cm³/mol. The summed E-state index contributed by atoms with van der Waals surface area (Å²) in [5.74, 6) is 0.536. The van der Waals surface area contributed by atoms with Crippen molar-refractivity contribution in [2.45, 2.75) is 39.2 Å². The number of ether oxygens (including phenoxy) is 3. The molecule has 1 fully saturated rings. The van der Waals surface area contributed by atoms with Crippen molar-refractivity contribution >= 4 is 17.6 Å². The average molecular weight is 356 g/mol. The van der Waals surface area contributed by atoms with E-state index in [-0.39, 0.29) is 12.1 Å². The number of likely N-dealkylation sites (N-methyl/N-ethyl adjacent to an activating group) is 1. The number of carbonyl (C=O) groups excluding carboxylic acids is 1. The molecule has 0 aromatic heterocycles. The molecule has 0 bridgehead atoms. The Kier molecular flexibility index (Phi) is 7.18. The maximum atomic E-state index is 12.5. The normalized spacial score (nSPS) is 18.2. The molecule has 1 saturated heterocycles. The molecule has 6 heteroatoms. The third kappa shape index (κ3) is 4.77. The summed E-state index contributed by atoms with van der Waals surface area (Å²) in [6, 6.07) is 3.21. The van der Waals surface area contributed by atoms with E-state index in [4.69, 9.17) is 25.8 Å². The molecule has 0 N–H and O–H groups in total. The van der Waals surface area contributed by atoms with Crippen LogP contribution in [0.15, 0.2) is 12.1 Å². The zero-order valence-electron chi connectivity index (χ0n) is 14.6.